The molecule has 7 nitrogen and oxygen atoms in total. The second-order valence-electron chi connectivity index (χ2n) is 7.61. The van der Waals surface area contributed by atoms with Crippen molar-refractivity contribution in [1.82, 2.24) is 25.3 Å². The van der Waals surface area contributed by atoms with E-state index < -0.39 is 12.0 Å². The van der Waals surface area contributed by atoms with Gasteiger partial charge in [-0.05, 0) is 25.5 Å². The van der Waals surface area contributed by atoms with Gasteiger partial charge in [-0.1, -0.05) is 48.5 Å². The van der Waals surface area contributed by atoms with E-state index >= 15 is 0 Å². The summed E-state index contributed by atoms with van der Waals surface area (Å²) in [4.78, 5) is 16.8. The zero-order valence-electron chi connectivity index (χ0n) is 17.0. The molecule has 4 aromatic rings. The number of H-pyrrole nitrogens is 1. The average molecular weight is 403 g/mol. The van der Waals surface area contributed by atoms with Crippen LogP contribution < -0.4 is 5.32 Å². The van der Waals surface area contributed by atoms with Crippen molar-refractivity contribution in [2.24, 2.45) is 0 Å². The van der Waals surface area contributed by atoms with Crippen LogP contribution in [0.4, 0.5) is 0 Å². The third kappa shape index (κ3) is 4.11. The number of carboxylic acid groups (broad SMARTS) is 1. The van der Waals surface area contributed by atoms with Gasteiger partial charge in [0.2, 0.25) is 0 Å². The number of carbonyl (C=O) groups is 1. The standard InChI is InChI=1S/C23H25N5O2/c1-15(2)28-26-21(22(27-28)16-8-4-3-5-9-16)14-25-20(23(29)30)12-17-13-24-19-11-7-6-10-18(17)19/h3-11,13,15,20,24-25H,12,14H2,1-2H3,(H,29,30)/t20-/m1/s1. The minimum absolute atomic E-state index is 0.114. The molecule has 0 amide bonds. The molecule has 0 aliphatic rings. The van der Waals surface area contributed by atoms with E-state index in [2.05, 4.69) is 20.5 Å². The van der Waals surface area contributed by atoms with E-state index in [0.717, 1.165) is 33.4 Å². The number of hydrogen-bond acceptors (Lipinski definition) is 4. The van der Waals surface area contributed by atoms with Crippen LogP contribution >= 0.6 is 0 Å². The molecule has 0 unspecified atom stereocenters. The summed E-state index contributed by atoms with van der Waals surface area (Å²) in [6.07, 6.45) is 2.26. The van der Waals surface area contributed by atoms with Gasteiger partial charge in [0, 0.05) is 35.6 Å². The summed E-state index contributed by atoms with van der Waals surface area (Å²) >= 11 is 0. The summed E-state index contributed by atoms with van der Waals surface area (Å²) in [5.74, 6) is -0.891. The number of nitrogens with zero attached hydrogens (tertiary/aromatic N) is 3. The number of aromatic nitrogens is 4. The van der Waals surface area contributed by atoms with Gasteiger partial charge in [0.05, 0.1) is 6.04 Å². The van der Waals surface area contributed by atoms with Crippen molar-refractivity contribution in [3.8, 4) is 11.3 Å². The van der Waals surface area contributed by atoms with E-state index in [9.17, 15) is 9.90 Å². The van der Waals surface area contributed by atoms with Crippen LogP contribution in [0.5, 0.6) is 0 Å². The molecule has 0 bridgehead atoms. The lowest BCUT2D eigenvalue weighted by atomic mass is 10.0. The maximum Gasteiger partial charge on any atom is 0.321 e. The predicted molar refractivity (Wildman–Crippen MR) is 116 cm³/mol. The molecule has 2 heterocycles. The summed E-state index contributed by atoms with van der Waals surface area (Å²) < 4.78 is 0. The zero-order valence-corrected chi connectivity index (χ0v) is 17.0. The first-order chi connectivity index (χ1) is 14.5. The molecular formula is C23H25N5O2. The predicted octanol–water partition coefficient (Wildman–Crippen LogP) is 3.79. The molecule has 30 heavy (non-hydrogen) atoms. The van der Waals surface area contributed by atoms with E-state index in [1.165, 1.54) is 0 Å². The van der Waals surface area contributed by atoms with Gasteiger partial charge in [-0.2, -0.15) is 15.0 Å². The van der Waals surface area contributed by atoms with Gasteiger partial charge in [-0.15, -0.1) is 0 Å². The summed E-state index contributed by atoms with van der Waals surface area (Å²) in [6.45, 7) is 4.35. The van der Waals surface area contributed by atoms with Crippen LogP contribution in [-0.4, -0.2) is 37.1 Å². The Kier molecular flexibility index (Phi) is 5.63. The van der Waals surface area contributed by atoms with Gasteiger partial charge < -0.3 is 10.1 Å². The number of rotatable bonds is 8. The molecule has 0 aliphatic carbocycles. The van der Waals surface area contributed by atoms with E-state index in [1.54, 1.807) is 4.80 Å². The van der Waals surface area contributed by atoms with Crippen LogP contribution in [-0.2, 0) is 17.8 Å². The largest absolute Gasteiger partial charge is 0.480 e. The van der Waals surface area contributed by atoms with Gasteiger partial charge >= 0.3 is 5.97 Å². The molecule has 2 aromatic carbocycles. The highest BCUT2D eigenvalue weighted by atomic mass is 16.4. The molecule has 7 heteroatoms. The van der Waals surface area contributed by atoms with Crippen LogP contribution in [0.3, 0.4) is 0 Å². The molecule has 0 aliphatic heterocycles. The van der Waals surface area contributed by atoms with Gasteiger partial charge in [0.15, 0.2) is 0 Å². The van der Waals surface area contributed by atoms with Crippen molar-refractivity contribution in [2.45, 2.75) is 38.9 Å². The van der Waals surface area contributed by atoms with Crippen LogP contribution in [0, 0.1) is 0 Å². The summed E-state index contributed by atoms with van der Waals surface area (Å²) in [5.41, 5.74) is 4.44. The molecule has 3 N–H and O–H groups in total. The third-order valence-electron chi connectivity index (χ3n) is 5.12. The molecule has 154 valence electrons. The first kappa shape index (κ1) is 19.8. The summed E-state index contributed by atoms with van der Waals surface area (Å²) in [7, 11) is 0. The minimum atomic E-state index is -0.891. The van der Waals surface area contributed by atoms with Crippen molar-refractivity contribution in [3.63, 3.8) is 0 Å². The fourth-order valence-corrected chi connectivity index (χ4v) is 3.51. The molecule has 0 saturated carbocycles. The van der Waals surface area contributed by atoms with Crippen molar-refractivity contribution in [2.75, 3.05) is 0 Å². The molecule has 0 saturated heterocycles. The Morgan fingerprint density at radius 2 is 1.83 bits per heavy atom. The minimum Gasteiger partial charge on any atom is -0.480 e. The number of nitrogens with one attached hydrogen (secondary N) is 2. The Morgan fingerprint density at radius 1 is 1.10 bits per heavy atom. The molecule has 0 spiro atoms. The molecule has 0 radical (unpaired) electrons. The lowest BCUT2D eigenvalue weighted by molar-refractivity contribution is -0.139. The van der Waals surface area contributed by atoms with Gasteiger partial charge in [0.25, 0.3) is 0 Å². The first-order valence-electron chi connectivity index (χ1n) is 10.0. The average Bonchev–Trinajstić information content (AvgIpc) is 3.36. The molecule has 4 rings (SSSR count). The highest BCUT2D eigenvalue weighted by Crippen LogP contribution is 2.22. The molecular weight excluding hydrogens is 378 g/mol. The SMILES string of the molecule is CC(C)n1nc(CN[C@H](Cc2c[nH]c3ccccc23)C(=O)O)c(-c2ccccc2)n1. The third-order valence-corrected chi connectivity index (χ3v) is 5.12. The Morgan fingerprint density at radius 3 is 2.57 bits per heavy atom. The van der Waals surface area contributed by atoms with Gasteiger partial charge in [0.1, 0.15) is 17.4 Å². The number of hydrogen-bond donors (Lipinski definition) is 3. The topological polar surface area (TPSA) is 95.8 Å². The number of para-hydroxylation sites is 1. The highest BCUT2D eigenvalue weighted by molar-refractivity contribution is 5.84. The second-order valence-corrected chi connectivity index (χ2v) is 7.61. The Balaban J connectivity index is 1.56. The summed E-state index contributed by atoms with van der Waals surface area (Å²) in [6, 6.07) is 17.1. The first-order valence-corrected chi connectivity index (χ1v) is 10.0. The number of benzene rings is 2. The summed E-state index contributed by atoms with van der Waals surface area (Å²) in [5, 5.41) is 23.2. The quantitative estimate of drug-likeness (QED) is 0.416. The maximum absolute atomic E-state index is 11.9. The lowest BCUT2D eigenvalue weighted by Crippen LogP contribution is -2.38. The number of aliphatic carboxylic acids is 1. The van der Waals surface area contributed by atoms with Crippen LogP contribution in [0.2, 0.25) is 0 Å². The molecule has 2 aromatic heterocycles. The van der Waals surface area contributed by atoms with E-state index in [1.807, 2.05) is 74.6 Å². The highest BCUT2D eigenvalue weighted by Gasteiger charge is 2.22. The van der Waals surface area contributed by atoms with E-state index in [4.69, 9.17) is 0 Å². The Bertz CT molecular complexity index is 1150. The van der Waals surface area contributed by atoms with Gasteiger partial charge in [-0.25, -0.2) is 0 Å². The number of fused-ring (bicyclic) bond motifs is 1. The maximum atomic E-state index is 11.9. The van der Waals surface area contributed by atoms with Crippen LogP contribution in [0.15, 0.2) is 60.8 Å². The smallest absolute Gasteiger partial charge is 0.321 e. The fraction of sp³-hybridized carbons (Fsp3) is 0.261. The monoisotopic (exact) mass is 403 g/mol. The van der Waals surface area contributed by atoms with Crippen molar-refractivity contribution >= 4 is 16.9 Å². The molecule has 0 fully saturated rings. The normalized spacial score (nSPS) is 12.5. The van der Waals surface area contributed by atoms with E-state index in [-0.39, 0.29) is 6.04 Å². The Hall–Kier alpha value is -3.45. The number of aromatic amines is 1. The lowest BCUT2D eigenvalue weighted by Gasteiger charge is -2.13. The Labute approximate surface area is 174 Å². The van der Waals surface area contributed by atoms with Crippen molar-refractivity contribution < 1.29 is 9.90 Å². The van der Waals surface area contributed by atoms with E-state index in [0.29, 0.717) is 13.0 Å². The second kappa shape index (κ2) is 8.51. The van der Waals surface area contributed by atoms with Gasteiger partial charge in [-0.3, -0.25) is 10.1 Å². The van der Waals surface area contributed by atoms with Crippen molar-refractivity contribution in [3.05, 3.63) is 72.1 Å². The fourth-order valence-electron chi connectivity index (χ4n) is 3.51. The number of carboxylic acids is 1. The van der Waals surface area contributed by atoms with Crippen LogP contribution in [0.25, 0.3) is 22.2 Å². The molecule has 1 atom stereocenters. The van der Waals surface area contributed by atoms with Crippen molar-refractivity contribution in [1.29, 1.82) is 0 Å². The zero-order chi connectivity index (χ0) is 21.1. The van der Waals surface area contributed by atoms with Crippen LogP contribution in [0.1, 0.15) is 31.1 Å².